The van der Waals surface area contributed by atoms with Crippen LogP contribution in [0, 0.1) is 0 Å². The van der Waals surface area contributed by atoms with Crippen LogP contribution in [0.4, 0.5) is 0 Å². The zero-order valence-corrected chi connectivity index (χ0v) is 18.0. The fourth-order valence-electron chi connectivity index (χ4n) is 3.42. The zero-order chi connectivity index (χ0) is 20.6. The monoisotopic (exact) mass is 429 g/mol. The Kier molecular flexibility index (Phi) is 8.83. The Morgan fingerprint density at radius 2 is 1.83 bits per heavy atom. The van der Waals surface area contributed by atoms with Gasteiger partial charge >= 0.3 is 29.6 Å². The maximum absolute atomic E-state index is 11.1. The van der Waals surface area contributed by atoms with Gasteiger partial charge in [-0.15, -0.1) is 0 Å². The van der Waals surface area contributed by atoms with E-state index in [4.69, 9.17) is 18.9 Å². The van der Waals surface area contributed by atoms with Crippen LogP contribution in [0.5, 0.6) is 0 Å². The van der Waals surface area contributed by atoms with Crippen LogP contribution in [0.25, 0.3) is 0 Å². The van der Waals surface area contributed by atoms with Crippen LogP contribution < -0.4 is 34.7 Å². The second-order valence-electron chi connectivity index (χ2n) is 6.91. The second kappa shape index (κ2) is 10.3. The maximum atomic E-state index is 11.1. The Morgan fingerprint density at radius 3 is 2.41 bits per heavy atom. The van der Waals surface area contributed by atoms with Crippen molar-refractivity contribution in [1.82, 2.24) is 0 Å². The minimum atomic E-state index is -1.95. The summed E-state index contributed by atoms with van der Waals surface area (Å²) in [5.74, 6) is -1.44. The molecule has 0 amide bonds. The number of fused-ring (bicyclic) bond motifs is 1. The molecule has 0 aliphatic carbocycles. The Balaban J connectivity index is 0.00000300. The van der Waals surface area contributed by atoms with Gasteiger partial charge in [0.25, 0.3) is 0 Å². The number of rotatable bonds is 6. The van der Waals surface area contributed by atoms with Crippen molar-refractivity contribution < 1.29 is 83.9 Å². The van der Waals surface area contributed by atoms with Gasteiger partial charge in [0.1, 0.15) is 48.8 Å². The van der Waals surface area contributed by atoms with Gasteiger partial charge in [-0.1, -0.05) is 6.92 Å². The third-order valence-corrected chi connectivity index (χ3v) is 4.92. The van der Waals surface area contributed by atoms with Crippen LogP contribution in [-0.4, -0.2) is 105 Å². The van der Waals surface area contributed by atoms with Crippen molar-refractivity contribution in [2.75, 3.05) is 6.61 Å². The summed E-state index contributed by atoms with van der Waals surface area (Å²) in [6.45, 7) is 1.35. The number of carbonyl (C=O) groups excluding carboxylic acids is 1. The molecule has 0 aromatic heterocycles. The van der Waals surface area contributed by atoms with Gasteiger partial charge in [-0.2, -0.15) is 0 Å². The van der Waals surface area contributed by atoms with Gasteiger partial charge in [0.2, 0.25) is 6.29 Å². The Morgan fingerprint density at radius 1 is 1.14 bits per heavy atom. The fourth-order valence-corrected chi connectivity index (χ4v) is 3.42. The maximum Gasteiger partial charge on any atom is 1.00 e. The Bertz CT molecular complexity index is 607. The molecule has 0 saturated carbocycles. The molecule has 160 valence electrons. The van der Waals surface area contributed by atoms with Crippen LogP contribution in [0.2, 0.25) is 0 Å². The largest absolute Gasteiger partial charge is 1.00 e. The van der Waals surface area contributed by atoms with E-state index in [1.54, 1.807) is 0 Å². The summed E-state index contributed by atoms with van der Waals surface area (Å²) in [6, 6.07) is -0.874. The van der Waals surface area contributed by atoms with Crippen molar-refractivity contribution in [2.45, 2.75) is 81.1 Å². The van der Waals surface area contributed by atoms with E-state index in [9.17, 15) is 35.4 Å². The van der Waals surface area contributed by atoms with E-state index < -0.39 is 73.9 Å². The van der Waals surface area contributed by atoms with E-state index in [2.05, 4.69) is 4.99 Å². The van der Waals surface area contributed by atoms with Crippen LogP contribution in [-0.2, 0) is 23.7 Å². The predicted octanol–water partition coefficient (Wildman–Crippen LogP) is -7.39. The van der Waals surface area contributed by atoms with Crippen molar-refractivity contribution in [3.63, 3.8) is 0 Å². The summed E-state index contributed by atoms with van der Waals surface area (Å²) < 4.78 is 21.6. The summed E-state index contributed by atoms with van der Waals surface area (Å²) in [5, 5.41) is 60.8. The zero-order valence-electron chi connectivity index (χ0n) is 16.0. The van der Waals surface area contributed by atoms with Gasteiger partial charge in [-0.05, 0) is 6.42 Å². The number of aliphatic carboxylic acids is 1. The minimum Gasteiger partial charge on any atom is -0.547 e. The number of ether oxygens (including phenoxy) is 4. The van der Waals surface area contributed by atoms with Crippen LogP contribution in [0.15, 0.2) is 4.99 Å². The summed E-state index contributed by atoms with van der Waals surface area (Å²) >= 11 is 0. The first-order valence-corrected chi connectivity index (χ1v) is 9.02. The van der Waals surface area contributed by atoms with E-state index in [1.807, 2.05) is 6.92 Å². The number of carbonyl (C=O) groups is 1. The van der Waals surface area contributed by atoms with Gasteiger partial charge in [0.05, 0.1) is 12.6 Å². The molecule has 29 heavy (non-hydrogen) atoms. The number of aliphatic hydroxyl groups is 5. The van der Waals surface area contributed by atoms with Crippen molar-refractivity contribution in [3.05, 3.63) is 0 Å². The molecule has 3 rings (SSSR count). The first-order valence-electron chi connectivity index (χ1n) is 9.02. The normalized spacial score (nSPS) is 44.3. The van der Waals surface area contributed by atoms with Crippen molar-refractivity contribution in [2.24, 2.45) is 4.99 Å². The summed E-state index contributed by atoms with van der Waals surface area (Å²) in [4.78, 5) is 15.4. The number of hydrogen-bond donors (Lipinski definition) is 5. The first-order chi connectivity index (χ1) is 13.3. The minimum absolute atomic E-state index is 0. The molecule has 0 bridgehead atoms. The van der Waals surface area contributed by atoms with E-state index in [0.717, 1.165) is 6.42 Å². The molecule has 10 atom stereocenters. The van der Waals surface area contributed by atoms with E-state index in [1.165, 1.54) is 0 Å². The van der Waals surface area contributed by atoms with E-state index in [0.29, 0.717) is 12.3 Å². The topological polar surface area (TPSA) is 191 Å². The molecule has 0 aromatic carbocycles. The smallest absolute Gasteiger partial charge is 0.547 e. The Hall–Kier alpha value is -0.380. The van der Waals surface area contributed by atoms with Crippen molar-refractivity contribution >= 4 is 11.9 Å². The van der Waals surface area contributed by atoms with Crippen molar-refractivity contribution in [3.8, 4) is 0 Å². The van der Waals surface area contributed by atoms with E-state index >= 15 is 0 Å². The molecule has 12 nitrogen and oxygen atoms in total. The molecule has 0 radical (unpaired) electrons. The number of carboxylic acids is 1. The van der Waals surface area contributed by atoms with Gasteiger partial charge in [0, 0.05) is 6.42 Å². The van der Waals surface area contributed by atoms with Crippen LogP contribution in [0.3, 0.4) is 0 Å². The molecule has 5 N–H and O–H groups in total. The summed E-state index contributed by atoms with van der Waals surface area (Å²) in [5.41, 5.74) is 0. The average Bonchev–Trinajstić information content (AvgIpc) is 3.06. The molecule has 3 aliphatic rings. The van der Waals surface area contributed by atoms with Crippen molar-refractivity contribution in [1.29, 1.82) is 0 Å². The second-order valence-corrected chi connectivity index (χ2v) is 6.91. The Labute approximate surface area is 188 Å². The molecular weight excluding hydrogens is 405 g/mol. The molecule has 0 aromatic rings. The molecule has 0 spiro atoms. The van der Waals surface area contributed by atoms with Gasteiger partial charge in [-0.25, -0.2) is 4.99 Å². The van der Waals surface area contributed by atoms with Crippen LogP contribution in [0.1, 0.15) is 19.8 Å². The number of hydrogen-bond acceptors (Lipinski definition) is 12. The quantitative estimate of drug-likeness (QED) is 0.252. The summed E-state index contributed by atoms with van der Waals surface area (Å²) in [6.07, 6.45) is -12.7. The molecular formula is C16H24NNaO11. The molecule has 2 fully saturated rings. The van der Waals surface area contributed by atoms with Crippen LogP contribution >= 0.6 is 0 Å². The SMILES string of the molecule is CCCC1=N[C@H]2[C@@H](O1)O[C@H](CO)[C@@H](O)[C@@H]2O[C@@H]1O[C@H](C(=O)[O-])[C@@H](O)[C@H](O)[C@H]1O.[Na+]. The molecule has 13 heteroatoms. The third-order valence-electron chi connectivity index (χ3n) is 4.92. The third kappa shape index (κ3) is 4.93. The predicted molar refractivity (Wildman–Crippen MR) is 85.5 cm³/mol. The molecule has 3 heterocycles. The summed E-state index contributed by atoms with van der Waals surface area (Å²) in [7, 11) is 0. The van der Waals surface area contributed by atoms with Gasteiger partial charge in [0.15, 0.2) is 12.2 Å². The number of aliphatic imine (C=N–C) groups is 1. The van der Waals surface area contributed by atoms with E-state index in [-0.39, 0.29) is 29.6 Å². The molecule has 3 aliphatic heterocycles. The standard InChI is InChI=1S/C16H25NO11.Na/c1-2-3-6-17-7-12(8(19)5(4-18)25-15(7)26-6)27-16-11(22)9(20)10(21)13(28-16)14(23)24;/h5,7-13,15-16,18-22H,2-4H2,1H3,(H,23,24);/q;+1/p-1/t5-,7-,8-,9+,10+,11-,12-,13+,15-,16-;/m1./s1. The average molecular weight is 429 g/mol. The van der Waals surface area contributed by atoms with Gasteiger partial charge in [-0.3, -0.25) is 0 Å². The number of nitrogens with zero attached hydrogens (tertiary/aromatic N) is 1. The number of aliphatic hydroxyl groups excluding tert-OH is 5. The fraction of sp³-hybridized carbons (Fsp3) is 0.875. The number of carboxylic acid groups (broad SMARTS) is 1. The molecule has 2 saturated heterocycles. The van der Waals surface area contributed by atoms with Gasteiger partial charge < -0.3 is 54.4 Å². The molecule has 0 unspecified atom stereocenters. The first kappa shape index (κ1) is 24.9.